The quantitative estimate of drug-likeness (QED) is 0.536. The molecule has 0 aromatic carbocycles. The van der Waals surface area contributed by atoms with Crippen molar-refractivity contribution in [3.8, 4) is 0 Å². The Labute approximate surface area is 157 Å². The van der Waals surface area contributed by atoms with Crippen LogP contribution in [0.25, 0.3) is 0 Å². The largest absolute Gasteiger partial charge is 0.456 e. The molecule has 0 aromatic rings. The molecule has 3 atom stereocenters. The summed E-state index contributed by atoms with van der Waals surface area (Å²) in [6, 6.07) is 0. The predicted octanol–water partition coefficient (Wildman–Crippen LogP) is 2.95. The smallest absolute Gasteiger partial charge is 0.306 e. The maximum atomic E-state index is 12.4. The van der Waals surface area contributed by atoms with Crippen LogP contribution >= 0.6 is 15.9 Å². The van der Waals surface area contributed by atoms with Gasteiger partial charge in [0, 0.05) is 17.5 Å². The lowest BCUT2D eigenvalue weighted by atomic mass is 9.49. The van der Waals surface area contributed by atoms with E-state index >= 15 is 0 Å². The summed E-state index contributed by atoms with van der Waals surface area (Å²) >= 11 is 3.97. The van der Waals surface area contributed by atoms with E-state index in [0.717, 1.165) is 50.5 Å². The highest BCUT2D eigenvalue weighted by atomic mass is 79.9. The number of amides is 1. The molecule has 1 heterocycles. The van der Waals surface area contributed by atoms with Crippen molar-refractivity contribution in [2.24, 2.45) is 17.3 Å². The molecule has 5 nitrogen and oxygen atoms in total. The lowest BCUT2D eigenvalue weighted by molar-refractivity contribution is -0.154. The molecule has 0 unspecified atom stereocenters. The van der Waals surface area contributed by atoms with E-state index in [0.29, 0.717) is 13.0 Å². The number of ether oxygens (including phenoxy) is 2. The van der Waals surface area contributed by atoms with Crippen molar-refractivity contribution < 1.29 is 19.1 Å². The van der Waals surface area contributed by atoms with Gasteiger partial charge in [0.1, 0.15) is 0 Å². The molecule has 0 aromatic heterocycles. The van der Waals surface area contributed by atoms with E-state index in [4.69, 9.17) is 9.47 Å². The minimum absolute atomic E-state index is 0.0961. The van der Waals surface area contributed by atoms with Gasteiger partial charge in [0.05, 0.1) is 12.5 Å². The number of hydrogen-bond donors (Lipinski definition) is 1. The molecule has 1 N–H and O–H groups in total. The number of nitrogens with one attached hydrogen (secondary N) is 1. The van der Waals surface area contributed by atoms with Crippen molar-refractivity contribution in [2.45, 2.75) is 68.2 Å². The van der Waals surface area contributed by atoms with E-state index in [1.54, 1.807) is 0 Å². The average Bonchev–Trinajstić information content (AvgIpc) is 3.01. The molecule has 1 saturated heterocycles. The normalized spacial score (nSPS) is 41.7. The SMILES string of the molecule is O=C(COC(=O)CC12C[C@@H]3C[C@H](CC(Br)(C3)C1)C2)NC[C@@H]1CCCO1. The van der Waals surface area contributed by atoms with Gasteiger partial charge >= 0.3 is 5.97 Å². The minimum atomic E-state index is -0.230. The Morgan fingerprint density at radius 3 is 2.60 bits per heavy atom. The Hall–Kier alpha value is -0.620. The monoisotopic (exact) mass is 413 g/mol. The fourth-order valence-electron chi connectivity index (χ4n) is 6.13. The summed E-state index contributed by atoms with van der Waals surface area (Å²) in [4.78, 5) is 24.2. The second-order valence-corrected chi connectivity index (χ2v) is 10.6. The van der Waals surface area contributed by atoms with E-state index in [9.17, 15) is 9.59 Å². The molecule has 5 fully saturated rings. The molecule has 5 rings (SSSR count). The number of carbonyl (C=O) groups excluding carboxylic acids is 2. The zero-order valence-corrected chi connectivity index (χ0v) is 16.3. The zero-order chi connectivity index (χ0) is 17.5. The molecule has 140 valence electrons. The third-order valence-corrected chi connectivity index (χ3v) is 7.47. The predicted molar refractivity (Wildman–Crippen MR) is 96.3 cm³/mol. The number of esters is 1. The first-order valence-electron chi connectivity index (χ1n) is 9.67. The zero-order valence-electron chi connectivity index (χ0n) is 14.7. The minimum Gasteiger partial charge on any atom is -0.456 e. The van der Waals surface area contributed by atoms with E-state index in [1.165, 1.54) is 19.3 Å². The van der Waals surface area contributed by atoms with Crippen molar-refractivity contribution >= 4 is 27.8 Å². The second-order valence-electron chi connectivity index (χ2n) is 8.89. The van der Waals surface area contributed by atoms with Gasteiger partial charge in [-0.05, 0) is 68.6 Å². The van der Waals surface area contributed by atoms with Gasteiger partial charge in [0.15, 0.2) is 6.61 Å². The van der Waals surface area contributed by atoms with Crippen molar-refractivity contribution in [1.29, 1.82) is 0 Å². The summed E-state index contributed by atoms with van der Waals surface area (Å²) < 4.78 is 11.0. The van der Waals surface area contributed by atoms with Crippen LogP contribution in [0.5, 0.6) is 0 Å². The van der Waals surface area contributed by atoms with E-state index in [2.05, 4.69) is 21.2 Å². The molecule has 4 saturated carbocycles. The van der Waals surface area contributed by atoms with Gasteiger partial charge in [0.25, 0.3) is 5.91 Å². The van der Waals surface area contributed by atoms with Crippen LogP contribution in [0, 0.1) is 17.3 Å². The molecule has 0 spiro atoms. The number of carbonyl (C=O) groups is 2. The highest BCUT2D eigenvalue weighted by Gasteiger charge is 2.57. The highest BCUT2D eigenvalue weighted by molar-refractivity contribution is 9.10. The van der Waals surface area contributed by atoms with Gasteiger partial charge in [-0.25, -0.2) is 0 Å². The van der Waals surface area contributed by atoms with Crippen LogP contribution in [0.15, 0.2) is 0 Å². The van der Waals surface area contributed by atoms with Gasteiger partial charge in [-0.15, -0.1) is 0 Å². The maximum absolute atomic E-state index is 12.4. The third kappa shape index (κ3) is 4.05. The number of hydrogen-bond acceptors (Lipinski definition) is 4. The Bertz CT molecular complexity index is 532. The van der Waals surface area contributed by atoms with Crippen molar-refractivity contribution in [1.82, 2.24) is 5.32 Å². The molecular formula is C19H28BrNO4. The van der Waals surface area contributed by atoms with Crippen molar-refractivity contribution in [3.63, 3.8) is 0 Å². The van der Waals surface area contributed by atoms with Crippen LogP contribution < -0.4 is 5.32 Å². The van der Waals surface area contributed by atoms with Crippen LogP contribution in [0.3, 0.4) is 0 Å². The van der Waals surface area contributed by atoms with Gasteiger partial charge in [-0.3, -0.25) is 9.59 Å². The topological polar surface area (TPSA) is 64.6 Å². The van der Waals surface area contributed by atoms with Crippen LogP contribution in [-0.4, -0.2) is 42.1 Å². The molecular weight excluding hydrogens is 386 g/mol. The second kappa shape index (κ2) is 6.84. The molecule has 4 bridgehead atoms. The molecule has 5 aliphatic rings. The number of halogens is 1. The number of alkyl halides is 1. The molecule has 1 aliphatic heterocycles. The Kier molecular flexibility index (Phi) is 4.86. The number of rotatable bonds is 6. The lowest BCUT2D eigenvalue weighted by Gasteiger charge is -2.60. The molecule has 4 aliphatic carbocycles. The van der Waals surface area contributed by atoms with Crippen molar-refractivity contribution in [2.75, 3.05) is 19.8 Å². The van der Waals surface area contributed by atoms with Gasteiger partial charge in [-0.1, -0.05) is 15.9 Å². The summed E-state index contributed by atoms with van der Waals surface area (Å²) in [7, 11) is 0. The van der Waals surface area contributed by atoms with E-state index in [-0.39, 0.29) is 34.3 Å². The van der Waals surface area contributed by atoms with E-state index < -0.39 is 0 Å². The lowest BCUT2D eigenvalue weighted by Crippen LogP contribution is -2.53. The maximum Gasteiger partial charge on any atom is 0.306 e. The summed E-state index contributed by atoms with van der Waals surface area (Å²) in [6.07, 6.45) is 9.83. The molecule has 0 radical (unpaired) electrons. The van der Waals surface area contributed by atoms with Crippen molar-refractivity contribution in [3.05, 3.63) is 0 Å². The summed E-state index contributed by atoms with van der Waals surface area (Å²) in [5, 5.41) is 2.80. The summed E-state index contributed by atoms with van der Waals surface area (Å²) in [5.74, 6) is 1.06. The third-order valence-electron chi connectivity index (χ3n) is 6.55. The fourth-order valence-corrected chi connectivity index (χ4v) is 7.64. The summed E-state index contributed by atoms with van der Waals surface area (Å²) in [6.45, 7) is 1.11. The Balaban J connectivity index is 1.23. The first kappa shape index (κ1) is 17.8. The standard InChI is InChI=1S/C19H28BrNO4/c20-19-7-13-4-14(8-19)6-18(5-13,12-19)9-17(23)25-11-16(22)21-10-15-2-1-3-24-15/h13-15H,1-12H2,(H,21,22)/t13-,14-,15-,18?,19?/m0/s1. The first-order chi connectivity index (χ1) is 11.9. The van der Waals surface area contributed by atoms with E-state index in [1.807, 2.05) is 0 Å². The first-order valence-corrected chi connectivity index (χ1v) is 10.5. The Morgan fingerprint density at radius 2 is 1.96 bits per heavy atom. The summed E-state index contributed by atoms with van der Waals surface area (Å²) in [5.41, 5.74) is 0.0961. The van der Waals surface area contributed by atoms with Crippen LogP contribution in [0.1, 0.15) is 57.8 Å². The van der Waals surface area contributed by atoms with Gasteiger partial charge < -0.3 is 14.8 Å². The van der Waals surface area contributed by atoms with Crippen LogP contribution in [-0.2, 0) is 19.1 Å². The molecule has 6 heteroatoms. The van der Waals surface area contributed by atoms with Crippen LogP contribution in [0.4, 0.5) is 0 Å². The highest BCUT2D eigenvalue weighted by Crippen LogP contribution is 2.65. The molecule has 1 amide bonds. The molecule has 25 heavy (non-hydrogen) atoms. The average molecular weight is 414 g/mol. The fraction of sp³-hybridized carbons (Fsp3) is 0.895. The van der Waals surface area contributed by atoms with Crippen LogP contribution in [0.2, 0.25) is 0 Å². The van der Waals surface area contributed by atoms with Gasteiger partial charge in [-0.2, -0.15) is 0 Å². The van der Waals surface area contributed by atoms with Gasteiger partial charge in [0.2, 0.25) is 0 Å². The Morgan fingerprint density at radius 1 is 1.20 bits per heavy atom.